The van der Waals surface area contributed by atoms with Crippen LogP contribution in [0.1, 0.15) is 52.2 Å². The lowest BCUT2D eigenvalue weighted by Crippen LogP contribution is -2.38. The molecular formula is C16H27N. The summed E-state index contributed by atoms with van der Waals surface area (Å²) in [6, 6.07) is 8.71. The summed E-state index contributed by atoms with van der Waals surface area (Å²) in [6.07, 6.45) is 1.16. The Labute approximate surface area is 107 Å². The van der Waals surface area contributed by atoms with Gasteiger partial charge in [0.05, 0.1) is 0 Å². The molecule has 1 nitrogen and oxygen atoms in total. The van der Waals surface area contributed by atoms with Crippen LogP contribution in [0.25, 0.3) is 0 Å². The third kappa shape index (κ3) is 4.51. The summed E-state index contributed by atoms with van der Waals surface area (Å²) in [5.41, 5.74) is 3.31. The summed E-state index contributed by atoms with van der Waals surface area (Å²) >= 11 is 0. The van der Waals surface area contributed by atoms with Crippen molar-refractivity contribution in [1.29, 1.82) is 0 Å². The summed E-state index contributed by atoms with van der Waals surface area (Å²) in [6.45, 7) is 14.6. The van der Waals surface area contributed by atoms with Gasteiger partial charge in [0.15, 0.2) is 0 Å². The average Bonchev–Trinajstić information content (AvgIpc) is 2.15. The molecular weight excluding hydrogens is 206 g/mol. The average molecular weight is 233 g/mol. The van der Waals surface area contributed by atoms with Crippen LogP contribution in [-0.2, 0) is 5.41 Å². The zero-order valence-electron chi connectivity index (χ0n) is 12.2. The van der Waals surface area contributed by atoms with Gasteiger partial charge in [0.2, 0.25) is 0 Å². The molecule has 17 heavy (non-hydrogen) atoms. The van der Waals surface area contributed by atoms with Crippen LogP contribution in [-0.4, -0.2) is 12.1 Å². The minimum atomic E-state index is 0.210. The molecule has 0 bridgehead atoms. The molecule has 0 aliphatic heterocycles. The molecule has 1 rings (SSSR count). The Balaban J connectivity index is 2.66. The smallest absolute Gasteiger partial charge is 0.00965 e. The van der Waals surface area contributed by atoms with Gasteiger partial charge < -0.3 is 5.32 Å². The fourth-order valence-corrected chi connectivity index (χ4v) is 2.22. The minimum absolute atomic E-state index is 0.210. The normalized spacial score (nSPS) is 12.8. The standard InChI is InChI=1S/C16H27N/c1-13-9-7-8-10-14(13)16(5,6)11-12-17-15(2,3)4/h7-10,17H,11-12H2,1-6H3. The highest BCUT2D eigenvalue weighted by atomic mass is 14.9. The summed E-state index contributed by atoms with van der Waals surface area (Å²) in [7, 11) is 0. The van der Waals surface area contributed by atoms with E-state index in [1.807, 2.05) is 0 Å². The fourth-order valence-electron chi connectivity index (χ4n) is 2.22. The van der Waals surface area contributed by atoms with Gasteiger partial charge in [0.1, 0.15) is 0 Å². The van der Waals surface area contributed by atoms with Crippen LogP contribution in [0.5, 0.6) is 0 Å². The predicted molar refractivity (Wildman–Crippen MR) is 76.6 cm³/mol. The van der Waals surface area contributed by atoms with Crippen LogP contribution in [0.4, 0.5) is 0 Å². The predicted octanol–water partition coefficient (Wildman–Crippen LogP) is 4.05. The second kappa shape index (κ2) is 5.22. The maximum absolute atomic E-state index is 3.57. The van der Waals surface area contributed by atoms with Crippen molar-refractivity contribution in [2.24, 2.45) is 0 Å². The monoisotopic (exact) mass is 233 g/mol. The van der Waals surface area contributed by atoms with Gasteiger partial charge in [-0.25, -0.2) is 0 Å². The first-order chi connectivity index (χ1) is 7.72. The molecule has 0 unspecified atom stereocenters. The van der Waals surface area contributed by atoms with E-state index in [2.05, 4.69) is 71.1 Å². The zero-order valence-corrected chi connectivity index (χ0v) is 12.2. The molecule has 0 amide bonds. The van der Waals surface area contributed by atoms with E-state index >= 15 is 0 Å². The van der Waals surface area contributed by atoms with E-state index in [1.54, 1.807) is 0 Å². The van der Waals surface area contributed by atoms with Crippen molar-refractivity contribution in [3.8, 4) is 0 Å². The van der Waals surface area contributed by atoms with Gasteiger partial charge >= 0.3 is 0 Å². The van der Waals surface area contributed by atoms with Crippen molar-refractivity contribution in [2.75, 3.05) is 6.54 Å². The van der Waals surface area contributed by atoms with Crippen molar-refractivity contribution in [2.45, 2.75) is 58.9 Å². The Morgan fingerprint density at radius 3 is 2.12 bits per heavy atom. The van der Waals surface area contributed by atoms with E-state index in [-0.39, 0.29) is 11.0 Å². The second-order valence-corrected chi connectivity index (χ2v) is 6.63. The van der Waals surface area contributed by atoms with E-state index in [0.717, 1.165) is 13.0 Å². The maximum Gasteiger partial charge on any atom is 0.00965 e. The van der Waals surface area contributed by atoms with Crippen molar-refractivity contribution in [1.82, 2.24) is 5.32 Å². The molecule has 0 radical (unpaired) electrons. The molecule has 0 heterocycles. The number of hydrogen-bond acceptors (Lipinski definition) is 1. The third-order valence-corrected chi connectivity index (χ3v) is 3.28. The quantitative estimate of drug-likeness (QED) is 0.827. The van der Waals surface area contributed by atoms with Crippen molar-refractivity contribution in [3.05, 3.63) is 35.4 Å². The highest BCUT2D eigenvalue weighted by molar-refractivity contribution is 5.32. The van der Waals surface area contributed by atoms with Gasteiger partial charge in [0.25, 0.3) is 0 Å². The molecule has 0 atom stereocenters. The van der Waals surface area contributed by atoms with Crippen molar-refractivity contribution in [3.63, 3.8) is 0 Å². The Morgan fingerprint density at radius 2 is 1.59 bits per heavy atom. The Morgan fingerprint density at radius 1 is 1.00 bits per heavy atom. The molecule has 0 aliphatic rings. The van der Waals surface area contributed by atoms with Crippen LogP contribution in [0.2, 0.25) is 0 Å². The van der Waals surface area contributed by atoms with Gasteiger partial charge in [-0.2, -0.15) is 0 Å². The van der Waals surface area contributed by atoms with Gasteiger partial charge in [-0.15, -0.1) is 0 Å². The summed E-state index contributed by atoms with van der Waals surface area (Å²) in [5.74, 6) is 0. The highest BCUT2D eigenvalue weighted by Crippen LogP contribution is 2.29. The van der Waals surface area contributed by atoms with E-state index in [0.29, 0.717) is 0 Å². The summed E-state index contributed by atoms with van der Waals surface area (Å²) in [4.78, 5) is 0. The molecule has 0 saturated carbocycles. The minimum Gasteiger partial charge on any atom is -0.312 e. The summed E-state index contributed by atoms with van der Waals surface area (Å²) in [5, 5.41) is 3.57. The van der Waals surface area contributed by atoms with E-state index in [9.17, 15) is 0 Å². The van der Waals surface area contributed by atoms with Crippen LogP contribution in [0.15, 0.2) is 24.3 Å². The van der Waals surface area contributed by atoms with Crippen LogP contribution >= 0.6 is 0 Å². The number of hydrogen-bond donors (Lipinski definition) is 1. The Hall–Kier alpha value is -0.820. The number of rotatable bonds is 4. The molecule has 0 aromatic heterocycles. The second-order valence-electron chi connectivity index (χ2n) is 6.63. The molecule has 0 saturated heterocycles. The van der Waals surface area contributed by atoms with Crippen LogP contribution < -0.4 is 5.32 Å². The third-order valence-electron chi connectivity index (χ3n) is 3.28. The summed E-state index contributed by atoms with van der Waals surface area (Å²) < 4.78 is 0. The number of benzene rings is 1. The SMILES string of the molecule is Cc1ccccc1C(C)(C)CCNC(C)(C)C. The zero-order chi connectivity index (χ0) is 13.1. The van der Waals surface area contributed by atoms with E-state index < -0.39 is 0 Å². The largest absolute Gasteiger partial charge is 0.312 e. The lowest BCUT2D eigenvalue weighted by atomic mass is 9.79. The molecule has 0 fully saturated rings. The van der Waals surface area contributed by atoms with Crippen molar-refractivity contribution < 1.29 is 0 Å². The Kier molecular flexibility index (Phi) is 4.37. The fraction of sp³-hybridized carbons (Fsp3) is 0.625. The van der Waals surface area contributed by atoms with Crippen molar-refractivity contribution >= 4 is 0 Å². The first-order valence-electron chi connectivity index (χ1n) is 6.53. The van der Waals surface area contributed by atoms with E-state index in [1.165, 1.54) is 11.1 Å². The molecule has 96 valence electrons. The van der Waals surface area contributed by atoms with Gasteiger partial charge in [0, 0.05) is 5.54 Å². The van der Waals surface area contributed by atoms with Crippen LogP contribution in [0.3, 0.4) is 0 Å². The van der Waals surface area contributed by atoms with Gasteiger partial charge in [-0.05, 0) is 57.2 Å². The van der Waals surface area contributed by atoms with E-state index in [4.69, 9.17) is 0 Å². The molecule has 1 aromatic carbocycles. The molecule has 0 spiro atoms. The first-order valence-corrected chi connectivity index (χ1v) is 6.53. The maximum atomic E-state index is 3.57. The highest BCUT2D eigenvalue weighted by Gasteiger charge is 2.22. The van der Waals surface area contributed by atoms with Gasteiger partial charge in [-0.3, -0.25) is 0 Å². The number of aryl methyl sites for hydroxylation is 1. The lowest BCUT2D eigenvalue weighted by molar-refractivity contribution is 0.379. The van der Waals surface area contributed by atoms with Gasteiger partial charge in [-0.1, -0.05) is 38.1 Å². The molecule has 1 heteroatoms. The topological polar surface area (TPSA) is 12.0 Å². The number of nitrogens with one attached hydrogen (secondary N) is 1. The Bertz CT molecular complexity index is 358. The molecule has 1 N–H and O–H groups in total. The molecule has 1 aromatic rings. The lowest BCUT2D eigenvalue weighted by Gasteiger charge is -2.29. The van der Waals surface area contributed by atoms with Crippen LogP contribution in [0, 0.1) is 6.92 Å². The molecule has 0 aliphatic carbocycles. The first kappa shape index (κ1) is 14.2.